The van der Waals surface area contributed by atoms with Crippen molar-refractivity contribution in [3.8, 4) is 0 Å². The zero-order valence-electron chi connectivity index (χ0n) is 13.9. The molecule has 0 radical (unpaired) electrons. The van der Waals surface area contributed by atoms with Crippen molar-refractivity contribution in [1.29, 1.82) is 0 Å². The highest BCUT2D eigenvalue weighted by Crippen LogP contribution is 2.31. The highest BCUT2D eigenvalue weighted by atomic mass is 79.9. The van der Waals surface area contributed by atoms with E-state index in [1.165, 1.54) is 17.6 Å². The van der Waals surface area contributed by atoms with Gasteiger partial charge in [-0.15, -0.1) is 12.4 Å². The van der Waals surface area contributed by atoms with Gasteiger partial charge in [-0.05, 0) is 57.4 Å². The molecule has 0 spiro atoms. The molecule has 0 unspecified atom stereocenters. The van der Waals surface area contributed by atoms with Gasteiger partial charge in [0.1, 0.15) is 0 Å². The summed E-state index contributed by atoms with van der Waals surface area (Å²) >= 11 is 4.99. The summed E-state index contributed by atoms with van der Waals surface area (Å²) in [5.74, 6) is 0.178. The summed E-state index contributed by atoms with van der Waals surface area (Å²) in [6.07, 6.45) is 2.37. The van der Waals surface area contributed by atoms with Crippen molar-refractivity contribution in [3.05, 3.63) is 46.8 Å². The molecule has 0 fully saturated rings. The number of thiazole rings is 1. The summed E-state index contributed by atoms with van der Waals surface area (Å²) in [4.78, 5) is 21.2. The molecule has 25 heavy (non-hydrogen) atoms. The number of benzene rings is 1. The van der Waals surface area contributed by atoms with Crippen LogP contribution in [-0.2, 0) is 0 Å². The molecule has 0 atom stereocenters. The van der Waals surface area contributed by atoms with E-state index in [2.05, 4.69) is 25.8 Å². The maximum absolute atomic E-state index is 12.8. The van der Waals surface area contributed by atoms with E-state index >= 15 is 0 Å². The fourth-order valence-electron chi connectivity index (χ4n) is 2.36. The van der Waals surface area contributed by atoms with Crippen LogP contribution in [-0.4, -0.2) is 43.0 Å². The SMILES string of the molecule is CN(C)CCCN(C(=O)c1ccco1)c1nc2ccc(Br)cc2s1.Cl. The second kappa shape index (κ2) is 8.80. The normalized spacial score (nSPS) is 10.9. The van der Waals surface area contributed by atoms with Gasteiger partial charge in [-0.2, -0.15) is 0 Å². The highest BCUT2D eigenvalue weighted by molar-refractivity contribution is 9.10. The molecule has 2 heterocycles. The number of amides is 1. The Balaban J connectivity index is 0.00000225. The van der Waals surface area contributed by atoms with Gasteiger partial charge in [0.05, 0.1) is 16.5 Å². The van der Waals surface area contributed by atoms with Crippen molar-refractivity contribution >= 4 is 60.9 Å². The average Bonchev–Trinajstić information content (AvgIpc) is 3.19. The molecule has 0 aliphatic rings. The van der Waals surface area contributed by atoms with Gasteiger partial charge in [0.25, 0.3) is 5.91 Å². The van der Waals surface area contributed by atoms with Gasteiger partial charge in [-0.1, -0.05) is 27.3 Å². The molecule has 1 aromatic carbocycles. The molecule has 0 aliphatic carbocycles. The van der Waals surface area contributed by atoms with Gasteiger partial charge in [0.2, 0.25) is 0 Å². The quantitative estimate of drug-likeness (QED) is 0.554. The number of halogens is 2. The van der Waals surface area contributed by atoms with Crippen molar-refractivity contribution in [2.24, 2.45) is 0 Å². The number of fused-ring (bicyclic) bond motifs is 1. The van der Waals surface area contributed by atoms with Gasteiger partial charge >= 0.3 is 0 Å². The van der Waals surface area contributed by atoms with Crippen LogP contribution in [0.1, 0.15) is 17.0 Å². The lowest BCUT2D eigenvalue weighted by Gasteiger charge is -2.19. The number of hydrogen-bond donors (Lipinski definition) is 0. The van der Waals surface area contributed by atoms with Crippen molar-refractivity contribution in [1.82, 2.24) is 9.88 Å². The molecule has 0 saturated heterocycles. The minimum absolute atomic E-state index is 0. The van der Waals surface area contributed by atoms with E-state index in [1.54, 1.807) is 17.0 Å². The Morgan fingerprint density at radius 2 is 2.08 bits per heavy atom. The van der Waals surface area contributed by atoms with Gasteiger partial charge in [0.15, 0.2) is 10.9 Å². The second-order valence-electron chi connectivity index (χ2n) is 5.70. The van der Waals surface area contributed by atoms with Crippen molar-refractivity contribution in [2.45, 2.75) is 6.42 Å². The minimum Gasteiger partial charge on any atom is -0.459 e. The second-order valence-corrected chi connectivity index (χ2v) is 7.62. The molecule has 0 N–H and O–H groups in total. The molecule has 1 amide bonds. The lowest BCUT2D eigenvalue weighted by Crippen LogP contribution is -2.33. The molecule has 134 valence electrons. The largest absolute Gasteiger partial charge is 0.459 e. The van der Waals surface area contributed by atoms with E-state index in [-0.39, 0.29) is 18.3 Å². The Bertz CT molecular complexity index is 836. The molecule has 5 nitrogen and oxygen atoms in total. The fourth-order valence-corrected chi connectivity index (χ4v) is 3.91. The monoisotopic (exact) mass is 443 g/mol. The number of anilines is 1. The average molecular weight is 445 g/mol. The third-order valence-corrected chi connectivity index (χ3v) is 5.07. The summed E-state index contributed by atoms with van der Waals surface area (Å²) < 4.78 is 7.33. The third kappa shape index (κ3) is 4.82. The summed E-state index contributed by atoms with van der Waals surface area (Å²) in [5.41, 5.74) is 0.892. The summed E-state index contributed by atoms with van der Waals surface area (Å²) in [5, 5.41) is 0.697. The molecule has 0 bridgehead atoms. The minimum atomic E-state index is -0.156. The molecular weight excluding hydrogens is 426 g/mol. The first kappa shape index (κ1) is 19.9. The van der Waals surface area contributed by atoms with E-state index in [1.807, 2.05) is 32.3 Å². The van der Waals surface area contributed by atoms with E-state index in [0.717, 1.165) is 27.7 Å². The van der Waals surface area contributed by atoms with Crippen LogP contribution in [0.25, 0.3) is 10.2 Å². The van der Waals surface area contributed by atoms with Gasteiger partial charge in [-0.25, -0.2) is 4.98 Å². The molecular formula is C17H19BrClN3O2S. The molecule has 0 aliphatic heterocycles. The number of furan rings is 1. The smallest absolute Gasteiger partial charge is 0.295 e. The molecule has 8 heteroatoms. The molecule has 0 saturated carbocycles. The van der Waals surface area contributed by atoms with Crippen LogP contribution in [0.5, 0.6) is 0 Å². The van der Waals surface area contributed by atoms with E-state index in [4.69, 9.17) is 4.42 Å². The van der Waals surface area contributed by atoms with Crippen LogP contribution < -0.4 is 4.90 Å². The lowest BCUT2D eigenvalue weighted by molar-refractivity contribution is 0.0959. The van der Waals surface area contributed by atoms with Crippen LogP contribution in [0, 0.1) is 0 Å². The van der Waals surface area contributed by atoms with E-state index < -0.39 is 0 Å². The zero-order valence-corrected chi connectivity index (χ0v) is 17.2. The van der Waals surface area contributed by atoms with Gasteiger partial charge in [-0.3, -0.25) is 9.69 Å². The van der Waals surface area contributed by atoms with Crippen molar-refractivity contribution in [3.63, 3.8) is 0 Å². The standard InChI is InChI=1S/C17H18BrN3O2S.ClH/c1-20(2)8-4-9-21(16(22)14-5-3-10-23-14)17-19-13-7-6-12(18)11-15(13)24-17;/h3,5-7,10-11H,4,8-9H2,1-2H3;1H. The van der Waals surface area contributed by atoms with Gasteiger partial charge in [0, 0.05) is 11.0 Å². The first-order valence-electron chi connectivity index (χ1n) is 7.61. The number of hydrogen-bond acceptors (Lipinski definition) is 5. The van der Waals surface area contributed by atoms with E-state index in [9.17, 15) is 4.79 Å². The third-order valence-electron chi connectivity index (χ3n) is 3.53. The lowest BCUT2D eigenvalue weighted by atomic mass is 10.3. The highest BCUT2D eigenvalue weighted by Gasteiger charge is 2.23. The maximum atomic E-state index is 12.8. The predicted molar refractivity (Wildman–Crippen MR) is 108 cm³/mol. The Kier molecular flexibility index (Phi) is 7.01. The van der Waals surface area contributed by atoms with Crippen molar-refractivity contribution in [2.75, 3.05) is 32.1 Å². The summed E-state index contributed by atoms with van der Waals surface area (Å²) in [7, 11) is 4.04. The summed E-state index contributed by atoms with van der Waals surface area (Å²) in [6, 6.07) is 9.34. The van der Waals surface area contributed by atoms with Crippen LogP contribution in [0.3, 0.4) is 0 Å². The maximum Gasteiger partial charge on any atom is 0.295 e. The zero-order chi connectivity index (χ0) is 17.1. The van der Waals surface area contributed by atoms with Crippen LogP contribution in [0.4, 0.5) is 5.13 Å². The summed E-state index contributed by atoms with van der Waals surface area (Å²) in [6.45, 7) is 1.50. The number of carbonyl (C=O) groups excluding carboxylic acids is 1. The number of rotatable bonds is 6. The number of nitrogens with zero attached hydrogens (tertiary/aromatic N) is 3. The van der Waals surface area contributed by atoms with Crippen LogP contribution in [0.2, 0.25) is 0 Å². The van der Waals surface area contributed by atoms with Crippen molar-refractivity contribution < 1.29 is 9.21 Å². The number of carbonyl (C=O) groups is 1. The molecule has 3 aromatic rings. The first-order valence-corrected chi connectivity index (χ1v) is 9.22. The Labute approximate surface area is 165 Å². The topological polar surface area (TPSA) is 49.6 Å². The first-order chi connectivity index (χ1) is 11.5. The predicted octanol–water partition coefficient (Wildman–Crippen LogP) is 4.67. The Morgan fingerprint density at radius 1 is 1.28 bits per heavy atom. The molecule has 2 aromatic heterocycles. The van der Waals surface area contributed by atoms with Crippen LogP contribution >= 0.6 is 39.7 Å². The van der Waals surface area contributed by atoms with Gasteiger partial charge < -0.3 is 9.32 Å². The van der Waals surface area contributed by atoms with E-state index in [0.29, 0.717) is 17.4 Å². The Hall–Kier alpha value is -1.41. The fraction of sp³-hybridized carbons (Fsp3) is 0.294. The molecule has 3 rings (SSSR count). The Morgan fingerprint density at radius 3 is 2.76 bits per heavy atom. The number of aromatic nitrogens is 1. The van der Waals surface area contributed by atoms with Crippen LogP contribution in [0.15, 0.2) is 45.5 Å².